The van der Waals surface area contributed by atoms with Crippen LogP contribution >= 0.6 is 0 Å². The van der Waals surface area contributed by atoms with Crippen LogP contribution in [0, 0.1) is 12.7 Å². The standard InChI is InChI=1S/C43H51FN12O2/c1-28-47-31(22-53(4)37-19-30(44)18-29-8-6-12-45-42(29)37)20-40(48-28)56-24-33(26-57)54(5)38(25-56)34-10-11-36(43-35(34)9-7-13-46-43)52(3)23-32-21-41(50-39(27-58)49-32)55-16-14-51(2)15-17-55/h6-13,18-21,33,38,57-58H,14-17,22-27H2,1-5H3. The monoisotopic (exact) mass is 786 g/mol. The Morgan fingerprint density at radius 3 is 2.17 bits per heavy atom. The fourth-order valence-corrected chi connectivity index (χ4v) is 8.35. The van der Waals surface area contributed by atoms with Crippen LogP contribution in [0.15, 0.2) is 73.1 Å². The number of nitrogens with zero attached hydrogens (tertiary/aromatic N) is 12. The fourth-order valence-electron chi connectivity index (χ4n) is 8.35. The van der Waals surface area contributed by atoms with Crippen LogP contribution in [0.1, 0.15) is 34.6 Å². The van der Waals surface area contributed by atoms with Crippen LogP contribution in [-0.4, -0.2) is 130 Å². The highest BCUT2D eigenvalue weighted by Crippen LogP contribution is 2.37. The van der Waals surface area contributed by atoms with Crippen molar-refractivity contribution >= 4 is 44.8 Å². The molecule has 0 amide bonds. The van der Waals surface area contributed by atoms with E-state index in [4.69, 9.17) is 19.9 Å². The second-order valence-corrected chi connectivity index (χ2v) is 15.6. The number of anilines is 4. The molecule has 6 aromatic rings. The lowest BCUT2D eigenvalue weighted by Gasteiger charge is -2.45. The predicted molar refractivity (Wildman–Crippen MR) is 226 cm³/mol. The van der Waals surface area contributed by atoms with Crippen molar-refractivity contribution < 1.29 is 14.6 Å². The molecule has 2 aromatic carbocycles. The maximum absolute atomic E-state index is 14.7. The minimum Gasteiger partial charge on any atom is -0.395 e. The number of benzene rings is 2. The highest BCUT2D eigenvalue weighted by atomic mass is 19.1. The summed E-state index contributed by atoms with van der Waals surface area (Å²) in [7, 11) is 8.15. The van der Waals surface area contributed by atoms with Crippen LogP contribution in [0.3, 0.4) is 0 Å². The lowest BCUT2D eigenvalue weighted by atomic mass is 9.95. The molecular weight excluding hydrogens is 736 g/mol. The minimum absolute atomic E-state index is 0.0231. The van der Waals surface area contributed by atoms with Crippen molar-refractivity contribution in [1.82, 2.24) is 39.7 Å². The van der Waals surface area contributed by atoms with Crippen LogP contribution in [-0.2, 0) is 19.7 Å². The molecule has 0 aliphatic carbocycles. The molecule has 302 valence electrons. The molecule has 2 saturated heterocycles. The van der Waals surface area contributed by atoms with Gasteiger partial charge in [0, 0.05) is 88.7 Å². The van der Waals surface area contributed by atoms with Gasteiger partial charge < -0.3 is 34.7 Å². The van der Waals surface area contributed by atoms with E-state index in [0.717, 1.165) is 82.3 Å². The molecule has 0 saturated carbocycles. The number of piperazine rings is 2. The Labute approximate surface area is 338 Å². The number of halogens is 1. The zero-order valence-corrected chi connectivity index (χ0v) is 33.8. The van der Waals surface area contributed by atoms with Gasteiger partial charge in [0.1, 0.15) is 29.9 Å². The molecule has 0 radical (unpaired) electrons. The number of hydrogen-bond acceptors (Lipinski definition) is 14. The number of pyridine rings is 2. The molecule has 2 N–H and O–H groups in total. The van der Waals surface area contributed by atoms with Gasteiger partial charge in [-0.1, -0.05) is 18.2 Å². The van der Waals surface area contributed by atoms with Gasteiger partial charge in [0.05, 0.1) is 65.6 Å². The highest BCUT2D eigenvalue weighted by molar-refractivity contribution is 5.93. The molecule has 15 heteroatoms. The Balaban J connectivity index is 1.07. The molecule has 2 aliphatic heterocycles. The molecule has 8 rings (SSSR count). The molecule has 2 atom stereocenters. The third-order valence-electron chi connectivity index (χ3n) is 11.5. The summed E-state index contributed by atoms with van der Waals surface area (Å²) in [6, 6.07) is 18.8. The van der Waals surface area contributed by atoms with Crippen molar-refractivity contribution in [3.63, 3.8) is 0 Å². The molecule has 2 unspecified atom stereocenters. The lowest BCUT2D eigenvalue weighted by Crippen LogP contribution is -2.55. The molecule has 4 aromatic heterocycles. The van der Waals surface area contributed by atoms with Gasteiger partial charge in [0.2, 0.25) is 0 Å². The van der Waals surface area contributed by atoms with Crippen LogP contribution in [0.5, 0.6) is 0 Å². The van der Waals surface area contributed by atoms with Gasteiger partial charge in [-0.05, 0) is 56.9 Å². The highest BCUT2D eigenvalue weighted by Gasteiger charge is 2.35. The van der Waals surface area contributed by atoms with Gasteiger partial charge in [0.15, 0.2) is 5.82 Å². The average molecular weight is 787 g/mol. The van der Waals surface area contributed by atoms with E-state index < -0.39 is 0 Å². The third-order valence-corrected chi connectivity index (χ3v) is 11.5. The van der Waals surface area contributed by atoms with Crippen LogP contribution in [0.2, 0.25) is 0 Å². The number of fused-ring (bicyclic) bond motifs is 2. The van der Waals surface area contributed by atoms with Crippen molar-refractivity contribution in [2.24, 2.45) is 0 Å². The normalized spacial score (nSPS) is 18.0. The second-order valence-electron chi connectivity index (χ2n) is 15.6. The lowest BCUT2D eigenvalue weighted by molar-refractivity contribution is 0.0924. The van der Waals surface area contributed by atoms with Gasteiger partial charge >= 0.3 is 0 Å². The molecule has 0 spiro atoms. The Hall–Kier alpha value is -5.61. The maximum atomic E-state index is 14.7. The molecule has 14 nitrogen and oxygen atoms in total. The summed E-state index contributed by atoms with van der Waals surface area (Å²) in [6.45, 7) is 7.41. The van der Waals surface area contributed by atoms with E-state index in [9.17, 15) is 14.6 Å². The quantitative estimate of drug-likeness (QED) is 0.194. The topological polar surface area (TPSA) is 137 Å². The van der Waals surface area contributed by atoms with Gasteiger partial charge in [-0.2, -0.15) is 0 Å². The van der Waals surface area contributed by atoms with Crippen molar-refractivity contribution in [3.8, 4) is 0 Å². The van der Waals surface area contributed by atoms with Crippen LogP contribution in [0.4, 0.5) is 27.4 Å². The molecule has 6 heterocycles. The summed E-state index contributed by atoms with van der Waals surface area (Å²) >= 11 is 0. The van der Waals surface area contributed by atoms with Gasteiger partial charge in [-0.25, -0.2) is 24.3 Å². The molecule has 58 heavy (non-hydrogen) atoms. The first-order valence-electron chi connectivity index (χ1n) is 19.8. The predicted octanol–water partition coefficient (Wildman–Crippen LogP) is 4.18. The zero-order chi connectivity index (χ0) is 40.5. The molecule has 2 fully saturated rings. The first-order valence-corrected chi connectivity index (χ1v) is 19.8. The Morgan fingerprint density at radius 2 is 1.43 bits per heavy atom. The van der Waals surface area contributed by atoms with E-state index in [1.807, 2.05) is 56.4 Å². The average Bonchev–Trinajstić information content (AvgIpc) is 3.23. The van der Waals surface area contributed by atoms with Gasteiger partial charge in [0.25, 0.3) is 0 Å². The van der Waals surface area contributed by atoms with Crippen molar-refractivity contribution in [1.29, 1.82) is 0 Å². The van der Waals surface area contributed by atoms with E-state index in [2.05, 4.69) is 66.8 Å². The van der Waals surface area contributed by atoms with Crippen molar-refractivity contribution in [2.45, 2.75) is 38.7 Å². The Kier molecular flexibility index (Phi) is 11.3. The second kappa shape index (κ2) is 16.7. The van der Waals surface area contributed by atoms with Crippen LogP contribution in [0.25, 0.3) is 21.8 Å². The van der Waals surface area contributed by atoms with E-state index in [1.54, 1.807) is 12.3 Å². The van der Waals surface area contributed by atoms with Gasteiger partial charge in [-0.3, -0.25) is 14.9 Å². The SMILES string of the molecule is Cc1nc(CN(C)c2cc(F)cc3cccnc23)cc(N2CC(CO)N(C)C(c3ccc(N(C)Cc4cc(N5CCN(C)CC5)nc(CO)n4)c4ncccc34)C2)n1. The first-order chi connectivity index (χ1) is 28.1. The summed E-state index contributed by atoms with van der Waals surface area (Å²) in [5.74, 6) is 2.34. The van der Waals surface area contributed by atoms with E-state index in [1.165, 1.54) is 12.1 Å². The van der Waals surface area contributed by atoms with Crippen LogP contribution < -0.4 is 19.6 Å². The molecule has 2 aliphatic rings. The summed E-state index contributed by atoms with van der Waals surface area (Å²) in [5.41, 5.74) is 5.95. The van der Waals surface area contributed by atoms with Crippen molar-refractivity contribution in [2.75, 3.05) is 93.7 Å². The van der Waals surface area contributed by atoms with Crippen molar-refractivity contribution in [3.05, 3.63) is 107 Å². The van der Waals surface area contributed by atoms with Gasteiger partial charge in [-0.15, -0.1) is 0 Å². The van der Waals surface area contributed by atoms with E-state index in [-0.39, 0.29) is 31.1 Å². The number of aliphatic hydroxyl groups is 2. The third kappa shape index (κ3) is 8.07. The summed E-state index contributed by atoms with van der Waals surface area (Å²) in [5, 5.41) is 22.5. The minimum atomic E-state index is -0.319. The largest absolute Gasteiger partial charge is 0.395 e. The maximum Gasteiger partial charge on any atom is 0.156 e. The van der Waals surface area contributed by atoms with E-state index in [0.29, 0.717) is 43.5 Å². The number of hydrogen-bond donors (Lipinski definition) is 2. The molecule has 0 bridgehead atoms. The fraction of sp³-hybridized carbons (Fsp3) is 0.395. The van der Waals surface area contributed by atoms with E-state index >= 15 is 0 Å². The number of aryl methyl sites for hydroxylation is 1. The Morgan fingerprint density at radius 1 is 0.741 bits per heavy atom. The number of rotatable bonds is 11. The first kappa shape index (κ1) is 39.2. The Bertz CT molecular complexity index is 2410. The summed E-state index contributed by atoms with van der Waals surface area (Å²) < 4.78 is 14.7. The summed E-state index contributed by atoms with van der Waals surface area (Å²) in [4.78, 5) is 41.6. The summed E-state index contributed by atoms with van der Waals surface area (Å²) in [6.07, 6.45) is 3.54. The zero-order valence-electron chi connectivity index (χ0n) is 33.8. The number of aromatic nitrogens is 6. The smallest absolute Gasteiger partial charge is 0.156 e. The number of aliphatic hydroxyl groups excluding tert-OH is 2. The number of likely N-dealkylation sites (N-methyl/N-ethyl adjacent to an activating group) is 2. The molecular formula is C43H51FN12O2.